The van der Waals surface area contributed by atoms with Crippen LogP contribution in [-0.2, 0) is 42.7 Å². The second kappa shape index (κ2) is 19.4. The van der Waals surface area contributed by atoms with E-state index in [1.807, 2.05) is 32.8 Å². The molecule has 3 saturated heterocycles. The molecule has 0 bridgehead atoms. The average molecular weight is 772 g/mol. The zero-order valence-electron chi connectivity index (χ0n) is 35.9. The molecule has 0 aromatic carbocycles. The fourth-order valence-corrected chi connectivity index (χ4v) is 8.58. The van der Waals surface area contributed by atoms with E-state index in [-0.39, 0.29) is 68.2 Å². The molecule has 0 aromatic rings. The van der Waals surface area contributed by atoms with Gasteiger partial charge in [0.1, 0.15) is 29.7 Å². The molecule has 3 heterocycles. The molecule has 0 unspecified atom stereocenters. The molecule has 53 heavy (non-hydrogen) atoms. The van der Waals surface area contributed by atoms with Crippen LogP contribution in [0.15, 0.2) is 0 Å². The van der Waals surface area contributed by atoms with Gasteiger partial charge in [0.15, 0.2) is 12.6 Å². The topological polar surface area (TPSA) is 183 Å². The van der Waals surface area contributed by atoms with E-state index in [4.69, 9.17) is 33.2 Å². The number of cyclic esters (lactones) is 1. The number of carbonyl (C=O) groups excluding carboxylic acids is 2. The molecular weight excluding hydrogens is 701 g/mol. The number of nitrogens with zero attached hydrogens (tertiary/aromatic N) is 1. The summed E-state index contributed by atoms with van der Waals surface area (Å²) in [7, 11) is 6.77. The zero-order chi connectivity index (χ0) is 39.7. The van der Waals surface area contributed by atoms with Gasteiger partial charge < -0.3 is 59.9 Å². The van der Waals surface area contributed by atoms with E-state index in [0.29, 0.717) is 6.42 Å². The number of hydrogen-bond acceptors (Lipinski definition) is 14. The standard InChI is InChI=1S/C38H69NO13.Na.H/c1-15-26-38(10,45)31(42)21(4)28(40)19(2)17-37(9,47-14)33(52-35-29(41)25(39(11)12)16-20(3)48-35)22(5)30(23(6)34(44)50-26)51-27-18-36(8,46-13)32(43)24(7)49-27;;/h19-27,29-33,35,41-43,45H,15-18H2,1-14H3;;/q;+1;-1/t19-,20-,21+,22+,23-,24+,25+,26-,27+,29-,30+,31-,32+,33-,35+,36-,37-,38-;;/m1../s1. The third-order valence-electron chi connectivity index (χ3n) is 12.3. The second-order valence-electron chi connectivity index (χ2n) is 16.6. The number of hydrogen-bond donors (Lipinski definition) is 4. The Hall–Kier alpha value is -0.300. The Labute approximate surface area is 340 Å². The maximum Gasteiger partial charge on any atom is 1.00 e. The Balaban J connectivity index is 0.00000729. The van der Waals surface area contributed by atoms with Crippen molar-refractivity contribution in [3.05, 3.63) is 0 Å². The summed E-state index contributed by atoms with van der Waals surface area (Å²) in [5, 5.41) is 45.6. The summed E-state index contributed by atoms with van der Waals surface area (Å²) in [6, 6.07) is -0.283. The van der Waals surface area contributed by atoms with Crippen LogP contribution >= 0.6 is 0 Å². The molecule has 0 radical (unpaired) electrons. The van der Waals surface area contributed by atoms with Crippen LogP contribution < -0.4 is 29.6 Å². The van der Waals surface area contributed by atoms with Crippen molar-refractivity contribution in [3.8, 4) is 0 Å². The minimum Gasteiger partial charge on any atom is -1.00 e. The van der Waals surface area contributed by atoms with E-state index in [2.05, 4.69) is 0 Å². The predicted octanol–water partition coefficient (Wildman–Crippen LogP) is -0.444. The van der Waals surface area contributed by atoms with E-state index >= 15 is 0 Å². The van der Waals surface area contributed by atoms with Gasteiger partial charge in [-0.3, -0.25) is 9.59 Å². The van der Waals surface area contributed by atoms with Crippen LogP contribution in [0.25, 0.3) is 0 Å². The van der Waals surface area contributed by atoms with Gasteiger partial charge in [-0.25, -0.2) is 0 Å². The molecule has 0 spiro atoms. The number of rotatable bonds is 8. The molecular formula is C38H70NNaO13. The van der Waals surface area contributed by atoms with Crippen molar-refractivity contribution >= 4 is 11.8 Å². The molecule has 3 aliphatic rings. The molecule has 14 nitrogen and oxygen atoms in total. The predicted molar refractivity (Wildman–Crippen MR) is 192 cm³/mol. The van der Waals surface area contributed by atoms with E-state index < -0.39 is 102 Å². The van der Waals surface area contributed by atoms with Crippen molar-refractivity contribution in [1.82, 2.24) is 4.90 Å². The molecule has 0 aromatic heterocycles. The molecule has 0 aliphatic carbocycles. The van der Waals surface area contributed by atoms with Gasteiger partial charge in [-0.15, -0.1) is 0 Å². The molecule has 18 atom stereocenters. The van der Waals surface area contributed by atoms with E-state index in [1.165, 1.54) is 21.1 Å². The minimum absolute atomic E-state index is 0. The molecule has 3 rings (SSSR count). The van der Waals surface area contributed by atoms with E-state index in [0.717, 1.165) is 0 Å². The molecule has 306 valence electrons. The zero-order valence-corrected chi connectivity index (χ0v) is 36.9. The van der Waals surface area contributed by atoms with Gasteiger partial charge in [0.2, 0.25) is 0 Å². The number of methoxy groups -OCH3 is 2. The normalized spacial score (nSPS) is 48.1. The van der Waals surface area contributed by atoms with Crippen LogP contribution in [0.1, 0.15) is 96.3 Å². The van der Waals surface area contributed by atoms with Gasteiger partial charge in [-0.1, -0.05) is 27.7 Å². The quantitative estimate of drug-likeness (QED) is 0.184. The SMILES string of the molecule is CC[C@H]1OC(=O)[C@H](C)[C@@H](O[C@H]2C[C@@](C)(OC)[C@@H](O)[C@H](C)O2)[C@H](C)[C@@H](O[C@@H]2O[C@H](C)C[C@H](N(C)C)[C@H]2O)[C@](C)(OC)C[C@@H](C)C(=O)[C@H](C)[C@@H](O)[C@]1(C)O.[H-].[Na+]. The summed E-state index contributed by atoms with van der Waals surface area (Å²) in [4.78, 5) is 30.1. The van der Waals surface area contributed by atoms with Gasteiger partial charge >= 0.3 is 35.5 Å². The fourth-order valence-electron chi connectivity index (χ4n) is 8.58. The second-order valence-corrected chi connectivity index (χ2v) is 16.6. The number of aliphatic hydroxyl groups excluding tert-OH is 3. The smallest absolute Gasteiger partial charge is 1.00 e. The van der Waals surface area contributed by atoms with Crippen molar-refractivity contribution in [2.24, 2.45) is 23.7 Å². The first kappa shape index (κ1) is 48.8. The number of ketones is 1. The maximum absolute atomic E-state index is 14.2. The van der Waals surface area contributed by atoms with E-state index in [9.17, 15) is 30.0 Å². The van der Waals surface area contributed by atoms with Gasteiger partial charge in [0, 0.05) is 44.4 Å². The fraction of sp³-hybridized carbons (Fsp3) is 0.947. The minimum atomic E-state index is -1.96. The summed E-state index contributed by atoms with van der Waals surface area (Å²) in [6.07, 6.45) is -8.73. The monoisotopic (exact) mass is 771 g/mol. The Morgan fingerprint density at radius 1 is 0.868 bits per heavy atom. The van der Waals surface area contributed by atoms with Crippen molar-refractivity contribution in [3.63, 3.8) is 0 Å². The van der Waals surface area contributed by atoms with Gasteiger partial charge in [-0.05, 0) is 74.9 Å². The third kappa shape index (κ3) is 10.6. The average Bonchev–Trinajstić information content (AvgIpc) is 3.09. The number of carbonyl (C=O) groups is 2. The first-order valence-corrected chi connectivity index (χ1v) is 18.9. The molecule has 0 saturated carbocycles. The third-order valence-corrected chi connectivity index (χ3v) is 12.3. The number of Topliss-reactive ketones (excluding diaryl/α,β-unsaturated/α-hetero) is 1. The Bertz CT molecular complexity index is 1200. The van der Waals surface area contributed by atoms with Crippen LogP contribution in [0.4, 0.5) is 0 Å². The summed E-state index contributed by atoms with van der Waals surface area (Å²) in [5.41, 5.74) is -4.24. The summed E-state index contributed by atoms with van der Waals surface area (Å²) < 4.78 is 43.9. The molecule has 15 heteroatoms. The number of aliphatic hydroxyl groups is 4. The van der Waals surface area contributed by atoms with Crippen molar-refractivity contribution in [2.75, 3.05) is 28.3 Å². The van der Waals surface area contributed by atoms with Crippen LogP contribution in [0, 0.1) is 23.7 Å². The maximum atomic E-state index is 14.2. The van der Waals surface area contributed by atoms with Crippen LogP contribution in [0.5, 0.6) is 0 Å². The van der Waals surface area contributed by atoms with Crippen LogP contribution in [-0.4, -0.2) is 150 Å². The number of esters is 1. The Morgan fingerprint density at radius 3 is 1.98 bits per heavy atom. The molecule has 3 aliphatic heterocycles. The molecule has 0 amide bonds. The molecule has 4 N–H and O–H groups in total. The van der Waals surface area contributed by atoms with Crippen molar-refractivity contribution in [1.29, 1.82) is 0 Å². The number of ether oxygens (including phenoxy) is 7. The number of likely N-dealkylation sites (N-methyl/N-ethyl adjacent to an activating group) is 1. The van der Waals surface area contributed by atoms with Crippen molar-refractivity contribution in [2.45, 2.75) is 179 Å². The van der Waals surface area contributed by atoms with Gasteiger partial charge in [0.25, 0.3) is 0 Å². The molecule has 3 fully saturated rings. The summed E-state index contributed by atoms with van der Waals surface area (Å²) >= 11 is 0. The van der Waals surface area contributed by atoms with Crippen molar-refractivity contribution < 1.29 is 94.2 Å². The van der Waals surface area contributed by atoms with Gasteiger partial charge in [-0.2, -0.15) is 0 Å². The first-order valence-electron chi connectivity index (χ1n) is 18.9. The van der Waals surface area contributed by atoms with Gasteiger partial charge in [0.05, 0.1) is 47.6 Å². The van der Waals surface area contributed by atoms with Crippen LogP contribution in [0.3, 0.4) is 0 Å². The first-order chi connectivity index (χ1) is 24.0. The Morgan fingerprint density at radius 2 is 1.45 bits per heavy atom. The Kier molecular flexibility index (Phi) is 17.9. The largest absolute Gasteiger partial charge is 1.00 e. The van der Waals surface area contributed by atoms with Crippen LogP contribution in [0.2, 0.25) is 0 Å². The summed E-state index contributed by atoms with van der Waals surface area (Å²) in [5.74, 6) is -4.47. The summed E-state index contributed by atoms with van der Waals surface area (Å²) in [6.45, 7) is 17.1. The van der Waals surface area contributed by atoms with E-state index in [1.54, 1.807) is 48.5 Å².